The molecule has 5 nitrogen and oxygen atoms in total. The fourth-order valence-electron chi connectivity index (χ4n) is 2.43. The van der Waals surface area contributed by atoms with E-state index in [9.17, 15) is 4.79 Å². The number of hydrogen-bond acceptors (Lipinski definition) is 3. The molecule has 0 bridgehead atoms. The lowest BCUT2D eigenvalue weighted by Gasteiger charge is -2.32. The summed E-state index contributed by atoms with van der Waals surface area (Å²) in [5, 5.41) is 7.20. The minimum atomic E-state index is -0.0388. The van der Waals surface area contributed by atoms with Crippen molar-refractivity contribution in [2.24, 2.45) is 5.41 Å². The second kappa shape index (κ2) is 7.20. The smallest absolute Gasteiger partial charge is 0.220 e. The minimum Gasteiger partial charge on any atom is -0.349 e. The first kappa shape index (κ1) is 16.2. The maximum atomic E-state index is 12.2. The van der Waals surface area contributed by atoms with Crippen LogP contribution in [0.4, 0.5) is 0 Å². The molecule has 0 fully saturated rings. The van der Waals surface area contributed by atoms with Crippen LogP contribution in [-0.2, 0) is 11.3 Å². The van der Waals surface area contributed by atoms with Gasteiger partial charge in [-0.15, -0.1) is 0 Å². The Morgan fingerprint density at radius 2 is 2.00 bits per heavy atom. The zero-order valence-electron chi connectivity index (χ0n) is 13.5. The second-order valence-electron chi connectivity index (χ2n) is 6.54. The number of aryl methyl sites for hydroxylation is 1. The molecule has 2 aromatic rings. The molecule has 1 aromatic heterocycles. The van der Waals surface area contributed by atoms with E-state index in [1.54, 1.807) is 11.0 Å². The van der Waals surface area contributed by atoms with Gasteiger partial charge in [-0.05, 0) is 17.4 Å². The summed E-state index contributed by atoms with van der Waals surface area (Å²) in [5.74, 6) is 0.0730. The van der Waals surface area contributed by atoms with E-state index in [-0.39, 0.29) is 17.4 Å². The summed E-state index contributed by atoms with van der Waals surface area (Å²) < 4.78 is 1.74. The van der Waals surface area contributed by atoms with Gasteiger partial charge in [0.15, 0.2) is 0 Å². The zero-order valence-corrected chi connectivity index (χ0v) is 13.5. The molecule has 1 atom stereocenters. The molecule has 1 heterocycles. The summed E-state index contributed by atoms with van der Waals surface area (Å²) in [6.07, 6.45) is 4.41. The van der Waals surface area contributed by atoms with Crippen molar-refractivity contribution in [2.75, 3.05) is 0 Å². The van der Waals surface area contributed by atoms with Gasteiger partial charge in [0.25, 0.3) is 0 Å². The third kappa shape index (κ3) is 4.69. The number of carbonyl (C=O) groups is 1. The zero-order chi connectivity index (χ0) is 16.0. The lowest BCUT2D eigenvalue weighted by atomic mass is 9.82. The van der Waals surface area contributed by atoms with Crippen LogP contribution in [0.5, 0.6) is 0 Å². The van der Waals surface area contributed by atoms with E-state index in [0.717, 1.165) is 12.0 Å². The first-order valence-corrected chi connectivity index (χ1v) is 7.63. The Morgan fingerprint density at radius 3 is 2.59 bits per heavy atom. The maximum absolute atomic E-state index is 12.2. The highest BCUT2D eigenvalue weighted by molar-refractivity contribution is 5.76. The van der Waals surface area contributed by atoms with E-state index < -0.39 is 0 Å². The van der Waals surface area contributed by atoms with Gasteiger partial charge in [0.1, 0.15) is 12.7 Å². The fraction of sp³-hybridized carbons (Fsp3) is 0.471. The highest BCUT2D eigenvalue weighted by Gasteiger charge is 2.27. The second-order valence-corrected chi connectivity index (χ2v) is 6.54. The van der Waals surface area contributed by atoms with Crippen molar-refractivity contribution in [1.29, 1.82) is 0 Å². The number of nitrogens with one attached hydrogen (secondary N) is 1. The number of hydrogen-bond donors (Lipinski definition) is 1. The van der Waals surface area contributed by atoms with Crippen LogP contribution in [0.1, 0.15) is 45.2 Å². The van der Waals surface area contributed by atoms with Gasteiger partial charge in [-0.2, -0.15) is 5.10 Å². The molecule has 22 heavy (non-hydrogen) atoms. The Morgan fingerprint density at radius 1 is 1.27 bits per heavy atom. The molecule has 0 aliphatic carbocycles. The van der Waals surface area contributed by atoms with Gasteiger partial charge >= 0.3 is 0 Å². The molecule has 1 unspecified atom stereocenters. The van der Waals surface area contributed by atoms with E-state index in [0.29, 0.717) is 13.0 Å². The maximum Gasteiger partial charge on any atom is 0.220 e. The van der Waals surface area contributed by atoms with Crippen LogP contribution < -0.4 is 5.32 Å². The first-order chi connectivity index (χ1) is 10.5. The molecule has 0 saturated heterocycles. The highest BCUT2D eigenvalue weighted by atomic mass is 16.1. The Labute approximate surface area is 131 Å². The summed E-state index contributed by atoms with van der Waals surface area (Å²) in [4.78, 5) is 16.1. The van der Waals surface area contributed by atoms with Crippen molar-refractivity contribution >= 4 is 5.91 Å². The van der Waals surface area contributed by atoms with Gasteiger partial charge in [-0.3, -0.25) is 9.48 Å². The van der Waals surface area contributed by atoms with E-state index >= 15 is 0 Å². The van der Waals surface area contributed by atoms with Gasteiger partial charge < -0.3 is 5.32 Å². The summed E-state index contributed by atoms with van der Waals surface area (Å²) in [7, 11) is 0. The Kier molecular flexibility index (Phi) is 5.31. The van der Waals surface area contributed by atoms with E-state index in [2.05, 4.69) is 48.3 Å². The van der Waals surface area contributed by atoms with Crippen molar-refractivity contribution in [3.05, 3.63) is 48.5 Å². The van der Waals surface area contributed by atoms with E-state index in [1.807, 2.05) is 18.2 Å². The van der Waals surface area contributed by atoms with Crippen LogP contribution in [0.25, 0.3) is 0 Å². The largest absolute Gasteiger partial charge is 0.349 e. The summed E-state index contributed by atoms with van der Waals surface area (Å²) in [6, 6.07) is 10.1. The molecule has 0 aliphatic heterocycles. The Hall–Kier alpha value is -2.17. The van der Waals surface area contributed by atoms with Gasteiger partial charge in [0.05, 0.1) is 6.04 Å². The molecular weight excluding hydrogens is 276 g/mol. The van der Waals surface area contributed by atoms with Crippen LogP contribution in [-0.4, -0.2) is 20.7 Å². The predicted molar refractivity (Wildman–Crippen MR) is 86.0 cm³/mol. The average molecular weight is 300 g/mol. The molecule has 2 rings (SSSR count). The molecule has 0 aliphatic rings. The van der Waals surface area contributed by atoms with E-state index in [4.69, 9.17) is 0 Å². The molecule has 1 aromatic carbocycles. The third-order valence-corrected chi connectivity index (χ3v) is 3.56. The monoisotopic (exact) mass is 300 g/mol. The number of aromatic nitrogens is 3. The number of rotatable bonds is 6. The van der Waals surface area contributed by atoms with Crippen LogP contribution in [0.3, 0.4) is 0 Å². The van der Waals surface area contributed by atoms with Gasteiger partial charge in [-0.1, -0.05) is 51.1 Å². The lowest BCUT2D eigenvalue weighted by Crippen LogP contribution is -2.36. The van der Waals surface area contributed by atoms with Gasteiger partial charge in [0.2, 0.25) is 5.91 Å². The van der Waals surface area contributed by atoms with Crippen molar-refractivity contribution in [1.82, 2.24) is 20.1 Å². The number of nitrogens with zero attached hydrogens (tertiary/aromatic N) is 3. The molecule has 5 heteroatoms. The Balaban J connectivity index is 1.91. The third-order valence-electron chi connectivity index (χ3n) is 3.56. The van der Waals surface area contributed by atoms with Crippen LogP contribution in [0, 0.1) is 5.41 Å². The molecule has 1 N–H and O–H groups in total. The average Bonchev–Trinajstić information content (AvgIpc) is 2.98. The quantitative estimate of drug-likeness (QED) is 0.892. The molecule has 118 valence electrons. The van der Waals surface area contributed by atoms with Crippen molar-refractivity contribution < 1.29 is 4.79 Å². The SMILES string of the molecule is CC(C)(C)C(NC(=O)CCCn1cncn1)c1ccccc1. The molecule has 0 saturated carbocycles. The van der Waals surface area contributed by atoms with Crippen molar-refractivity contribution in [3.63, 3.8) is 0 Å². The van der Waals surface area contributed by atoms with Crippen LogP contribution in [0.15, 0.2) is 43.0 Å². The van der Waals surface area contributed by atoms with Gasteiger partial charge in [0, 0.05) is 13.0 Å². The van der Waals surface area contributed by atoms with Gasteiger partial charge in [-0.25, -0.2) is 4.98 Å². The molecular formula is C17H24N4O. The number of amides is 1. The fourth-order valence-corrected chi connectivity index (χ4v) is 2.43. The topological polar surface area (TPSA) is 59.8 Å². The van der Waals surface area contributed by atoms with Crippen LogP contribution in [0.2, 0.25) is 0 Å². The van der Waals surface area contributed by atoms with Crippen molar-refractivity contribution in [2.45, 2.75) is 46.2 Å². The van der Waals surface area contributed by atoms with E-state index in [1.165, 1.54) is 6.33 Å². The summed E-state index contributed by atoms with van der Waals surface area (Å²) in [6.45, 7) is 7.13. The molecule has 0 radical (unpaired) electrons. The number of benzene rings is 1. The number of carbonyl (C=O) groups excluding carboxylic acids is 1. The predicted octanol–water partition coefficient (Wildman–Crippen LogP) is 2.96. The van der Waals surface area contributed by atoms with Crippen molar-refractivity contribution in [3.8, 4) is 0 Å². The standard InChI is InChI=1S/C17H24N4O/c1-17(2,3)16(14-8-5-4-6-9-14)20-15(22)10-7-11-21-13-18-12-19-21/h4-6,8-9,12-13,16H,7,10-11H2,1-3H3,(H,20,22). The summed E-state index contributed by atoms with van der Waals surface area (Å²) in [5.41, 5.74) is 1.10. The molecule has 1 amide bonds. The summed E-state index contributed by atoms with van der Waals surface area (Å²) >= 11 is 0. The Bertz CT molecular complexity index is 572. The van der Waals surface area contributed by atoms with Crippen LogP contribution >= 0.6 is 0 Å². The minimum absolute atomic E-state index is 0.00701. The lowest BCUT2D eigenvalue weighted by molar-refractivity contribution is -0.122. The normalized spacial score (nSPS) is 12.9. The highest BCUT2D eigenvalue weighted by Crippen LogP contribution is 2.32. The first-order valence-electron chi connectivity index (χ1n) is 7.63. The molecule has 0 spiro atoms.